The molecule has 0 spiro atoms. The summed E-state index contributed by atoms with van der Waals surface area (Å²) in [5.41, 5.74) is 4.99. The topological polar surface area (TPSA) is 55.6 Å². The Kier molecular flexibility index (Phi) is 4.51. The second-order valence-corrected chi connectivity index (χ2v) is 5.77. The minimum Gasteiger partial charge on any atom is -0.465 e. The lowest BCUT2D eigenvalue weighted by Gasteiger charge is -2.09. The van der Waals surface area contributed by atoms with Crippen molar-refractivity contribution in [1.82, 2.24) is 9.38 Å². The number of benzene rings is 1. The predicted octanol–water partition coefficient (Wildman–Crippen LogP) is 3.59. The molecule has 0 saturated heterocycles. The maximum absolute atomic E-state index is 11.7. The highest BCUT2D eigenvalue weighted by Gasteiger charge is 2.15. The second-order valence-electron chi connectivity index (χ2n) is 5.77. The standard InChI is InChI=1S/C19H21N3O2/c1-4-24-17(23)12-20-19-18(15-7-5-6-13(2)10-15)21-16-11-14(3)8-9-22(16)19/h5-11,20H,4,12H2,1-3H3. The number of carbonyl (C=O) groups excluding carboxylic acids is 1. The number of imidazole rings is 1. The number of pyridine rings is 1. The molecule has 1 N–H and O–H groups in total. The van der Waals surface area contributed by atoms with E-state index in [0.29, 0.717) is 6.61 Å². The molecule has 5 nitrogen and oxygen atoms in total. The van der Waals surface area contributed by atoms with Gasteiger partial charge in [-0.25, -0.2) is 4.98 Å². The third kappa shape index (κ3) is 3.25. The summed E-state index contributed by atoms with van der Waals surface area (Å²) < 4.78 is 6.97. The van der Waals surface area contributed by atoms with Crippen molar-refractivity contribution in [2.75, 3.05) is 18.5 Å². The fourth-order valence-corrected chi connectivity index (χ4v) is 2.68. The van der Waals surface area contributed by atoms with Gasteiger partial charge in [-0.05, 0) is 44.5 Å². The van der Waals surface area contributed by atoms with Crippen molar-refractivity contribution < 1.29 is 9.53 Å². The Morgan fingerprint density at radius 3 is 2.75 bits per heavy atom. The molecular formula is C19H21N3O2. The second kappa shape index (κ2) is 6.74. The lowest BCUT2D eigenvalue weighted by Crippen LogP contribution is -2.17. The van der Waals surface area contributed by atoms with Gasteiger partial charge < -0.3 is 10.1 Å². The lowest BCUT2D eigenvalue weighted by atomic mass is 10.1. The number of nitrogens with zero attached hydrogens (tertiary/aromatic N) is 2. The summed E-state index contributed by atoms with van der Waals surface area (Å²) in [5, 5.41) is 3.18. The molecule has 0 atom stereocenters. The van der Waals surface area contributed by atoms with Crippen LogP contribution >= 0.6 is 0 Å². The lowest BCUT2D eigenvalue weighted by molar-refractivity contribution is -0.140. The molecule has 5 heteroatoms. The van der Waals surface area contributed by atoms with Gasteiger partial charge in [-0.1, -0.05) is 23.8 Å². The fourth-order valence-electron chi connectivity index (χ4n) is 2.68. The largest absolute Gasteiger partial charge is 0.465 e. The first-order valence-electron chi connectivity index (χ1n) is 8.03. The van der Waals surface area contributed by atoms with Crippen molar-refractivity contribution in [3.63, 3.8) is 0 Å². The zero-order valence-corrected chi connectivity index (χ0v) is 14.2. The molecule has 0 saturated carbocycles. The summed E-state index contributed by atoms with van der Waals surface area (Å²) in [6.45, 7) is 6.36. The molecule has 1 aromatic carbocycles. The SMILES string of the molecule is CCOC(=O)CNc1c(-c2cccc(C)c2)nc2cc(C)ccn12. The number of carbonyl (C=O) groups is 1. The summed E-state index contributed by atoms with van der Waals surface area (Å²) in [6.07, 6.45) is 1.96. The average molecular weight is 323 g/mol. The number of ether oxygens (including phenoxy) is 1. The highest BCUT2D eigenvalue weighted by atomic mass is 16.5. The van der Waals surface area contributed by atoms with Crippen LogP contribution in [0.15, 0.2) is 42.6 Å². The molecule has 0 bridgehead atoms. The van der Waals surface area contributed by atoms with E-state index in [0.717, 1.165) is 33.8 Å². The van der Waals surface area contributed by atoms with Crippen molar-refractivity contribution in [2.24, 2.45) is 0 Å². The Bertz CT molecular complexity index is 883. The fraction of sp³-hybridized carbons (Fsp3) is 0.263. The molecule has 124 valence electrons. The van der Waals surface area contributed by atoms with Crippen LogP contribution in [0, 0.1) is 13.8 Å². The summed E-state index contributed by atoms with van der Waals surface area (Å²) in [7, 11) is 0. The number of hydrogen-bond acceptors (Lipinski definition) is 4. The average Bonchev–Trinajstić information content (AvgIpc) is 2.91. The third-order valence-electron chi connectivity index (χ3n) is 3.78. The number of fused-ring (bicyclic) bond motifs is 1. The smallest absolute Gasteiger partial charge is 0.325 e. The summed E-state index contributed by atoms with van der Waals surface area (Å²) in [6, 6.07) is 12.2. The minimum absolute atomic E-state index is 0.105. The van der Waals surface area contributed by atoms with Crippen LogP contribution in [0.4, 0.5) is 5.82 Å². The molecule has 24 heavy (non-hydrogen) atoms. The van der Waals surface area contributed by atoms with E-state index in [1.165, 1.54) is 0 Å². The molecule has 0 aliphatic carbocycles. The van der Waals surface area contributed by atoms with Crippen molar-refractivity contribution in [1.29, 1.82) is 0 Å². The van der Waals surface area contributed by atoms with E-state index in [4.69, 9.17) is 9.72 Å². The van der Waals surface area contributed by atoms with Crippen molar-refractivity contribution in [3.8, 4) is 11.3 Å². The van der Waals surface area contributed by atoms with E-state index in [9.17, 15) is 4.79 Å². The van der Waals surface area contributed by atoms with Crippen LogP contribution in [0.25, 0.3) is 16.9 Å². The van der Waals surface area contributed by atoms with Gasteiger partial charge >= 0.3 is 5.97 Å². The van der Waals surface area contributed by atoms with Gasteiger partial charge in [0.15, 0.2) is 0 Å². The molecule has 0 fully saturated rings. The summed E-state index contributed by atoms with van der Waals surface area (Å²) >= 11 is 0. The molecular weight excluding hydrogens is 302 g/mol. The Labute approximate surface area is 141 Å². The minimum atomic E-state index is -0.283. The Balaban J connectivity index is 2.06. The first-order chi connectivity index (χ1) is 11.6. The van der Waals surface area contributed by atoms with Gasteiger partial charge in [-0.3, -0.25) is 9.20 Å². The summed E-state index contributed by atoms with van der Waals surface area (Å²) in [4.78, 5) is 16.5. The summed E-state index contributed by atoms with van der Waals surface area (Å²) in [5.74, 6) is 0.512. The molecule has 0 amide bonds. The molecule has 0 unspecified atom stereocenters. The quantitative estimate of drug-likeness (QED) is 0.729. The van der Waals surface area contributed by atoms with Crippen molar-refractivity contribution in [2.45, 2.75) is 20.8 Å². The molecule has 0 aliphatic heterocycles. The van der Waals surface area contributed by atoms with E-state index in [-0.39, 0.29) is 12.5 Å². The van der Waals surface area contributed by atoms with Crippen LogP contribution in [0.1, 0.15) is 18.1 Å². The van der Waals surface area contributed by atoms with E-state index >= 15 is 0 Å². The Morgan fingerprint density at radius 1 is 1.21 bits per heavy atom. The van der Waals surface area contributed by atoms with Gasteiger partial charge in [0.25, 0.3) is 0 Å². The maximum Gasteiger partial charge on any atom is 0.325 e. The van der Waals surface area contributed by atoms with E-state index in [1.54, 1.807) is 6.92 Å². The predicted molar refractivity (Wildman–Crippen MR) is 95.2 cm³/mol. The van der Waals surface area contributed by atoms with Crippen LogP contribution in [0.5, 0.6) is 0 Å². The molecule has 2 aromatic heterocycles. The number of esters is 1. The number of anilines is 1. The zero-order valence-electron chi connectivity index (χ0n) is 14.2. The monoisotopic (exact) mass is 323 g/mol. The van der Waals surface area contributed by atoms with Crippen molar-refractivity contribution >= 4 is 17.4 Å². The molecule has 3 rings (SSSR count). The zero-order chi connectivity index (χ0) is 17.1. The van der Waals surface area contributed by atoms with Gasteiger partial charge in [0.05, 0.1) is 6.61 Å². The number of aryl methyl sites for hydroxylation is 2. The van der Waals surface area contributed by atoms with E-state index in [2.05, 4.69) is 24.4 Å². The third-order valence-corrected chi connectivity index (χ3v) is 3.78. The van der Waals surface area contributed by atoms with Gasteiger partial charge in [-0.15, -0.1) is 0 Å². The Morgan fingerprint density at radius 2 is 2.00 bits per heavy atom. The number of rotatable bonds is 5. The van der Waals surface area contributed by atoms with Crippen LogP contribution < -0.4 is 5.32 Å². The van der Waals surface area contributed by atoms with Crippen LogP contribution in [-0.2, 0) is 9.53 Å². The maximum atomic E-state index is 11.7. The highest BCUT2D eigenvalue weighted by Crippen LogP contribution is 2.29. The Hall–Kier alpha value is -2.82. The number of aromatic nitrogens is 2. The van der Waals surface area contributed by atoms with Gasteiger partial charge in [0, 0.05) is 11.8 Å². The van der Waals surface area contributed by atoms with E-state index in [1.807, 2.05) is 41.8 Å². The van der Waals surface area contributed by atoms with Gasteiger partial charge in [-0.2, -0.15) is 0 Å². The molecule has 0 radical (unpaired) electrons. The first kappa shape index (κ1) is 16.1. The molecule has 2 heterocycles. The first-order valence-corrected chi connectivity index (χ1v) is 8.03. The normalized spacial score (nSPS) is 10.8. The van der Waals surface area contributed by atoms with Crippen LogP contribution in [-0.4, -0.2) is 28.5 Å². The number of nitrogens with one attached hydrogen (secondary N) is 1. The molecule has 0 aliphatic rings. The van der Waals surface area contributed by atoms with Crippen molar-refractivity contribution in [3.05, 3.63) is 53.7 Å². The number of hydrogen-bond donors (Lipinski definition) is 1. The van der Waals surface area contributed by atoms with Crippen LogP contribution in [0.2, 0.25) is 0 Å². The highest BCUT2D eigenvalue weighted by molar-refractivity contribution is 5.81. The van der Waals surface area contributed by atoms with Gasteiger partial charge in [0.1, 0.15) is 23.7 Å². The van der Waals surface area contributed by atoms with Crippen LogP contribution in [0.3, 0.4) is 0 Å². The van der Waals surface area contributed by atoms with E-state index < -0.39 is 0 Å². The molecule has 3 aromatic rings. The van der Waals surface area contributed by atoms with Gasteiger partial charge in [0.2, 0.25) is 0 Å².